The summed E-state index contributed by atoms with van der Waals surface area (Å²) < 4.78 is 17.3. The lowest BCUT2D eigenvalue weighted by atomic mass is 10.1. The maximum absolute atomic E-state index is 9.95. The number of nitrogens with zero attached hydrogens (tertiary/aromatic N) is 3. The molecule has 0 spiro atoms. The van der Waals surface area contributed by atoms with Crippen molar-refractivity contribution in [3.63, 3.8) is 0 Å². The van der Waals surface area contributed by atoms with E-state index in [1.165, 1.54) is 0 Å². The number of anilines is 1. The molecule has 2 aromatic heterocycles. The summed E-state index contributed by atoms with van der Waals surface area (Å²) in [5.41, 5.74) is 3.75. The molecule has 3 aliphatic heterocycles. The zero-order valence-corrected chi connectivity index (χ0v) is 18.9. The van der Waals surface area contributed by atoms with Crippen LogP contribution in [0.4, 0.5) is 5.69 Å². The maximum atomic E-state index is 9.95. The van der Waals surface area contributed by atoms with Gasteiger partial charge in [0.25, 0.3) is 0 Å². The molecule has 1 aromatic carbocycles. The van der Waals surface area contributed by atoms with E-state index < -0.39 is 24.4 Å². The molecule has 0 saturated carbocycles. The summed E-state index contributed by atoms with van der Waals surface area (Å²) in [7, 11) is 0. The Kier molecular flexibility index (Phi) is 5.36. The SMILES string of the molecule is N#Cc1c(O[C@@H]2COC3C(O)COC32)[nH]c2cc(Cl)c(-c3ccc(N4CCC(O)C4)cc3)nc12. The molecule has 3 aromatic rings. The molecule has 3 fully saturated rings. The van der Waals surface area contributed by atoms with Gasteiger partial charge in [-0.15, -0.1) is 0 Å². The number of benzene rings is 1. The number of nitrogens with one attached hydrogen (secondary N) is 1. The van der Waals surface area contributed by atoms with Crippen molar-refractivity contribution in [1.29, 1.82) is 5.26 Å². The van der Waals surface area contributed by atoms with Gasteiger partial charge in [-0.1, -0.05) is 23.7 Å². The second kappa shape index (κ2) is 8.41. The van der Waals surface area contributed by atoms with E-state index in [0.717, 1.165) is 24.2 Å². The van der Waals surface area contributed by atoms with Gasteiger partial charge in [0.05, 0.1) is 35.6 Å². The lowest BCUT2D eigenvalue weighted by Crippen LogP contribution is -2.34. The van der Waals surface area contributed by atoms with Crippen molar-refractivity contribution in [2.24, 2.45) is 0 Å². The number of hydrogen-bond acceptors (Lipinski definition) is 8. The molecule has 10 heteroatoms. The number of aromatic nitrogens is 2. The van der Waals surface area contributed by atoms with Crippen molar-refractivity contribution in [3.8, 4) is 23.2 Å². The fourth-order valence-electron chi connectivity index (χ4n) is 4.96. The van der Waals surface area contributed by atoms with Gasteiger partial charge in [-0.25, -0.2) is 4.98 Å². The highest BCUT2D eigenvalue weighted by Gasteiger charge is 2.48. The molecule has 0 aliphatic carbocycles. The third-order valence-electron chi connectivity index (χ3n) is 6.72. The van der Waals surface area contributed by atoms with Crippen LogP contribution < -0.4 is 9.64 Å². The van der Waals surface area contributed by atoms with E-state index in [2.05, 4.69) is 16.0 Å². The molecular weight excluding hydrogens is 460 g/mol. The second-order valence-electron chi connectivity index (χ2n) is 8.91. The zero-order valence-electron chi connectivity index (χ0n) is 18.1. The van der Waals surface area contributed by atoms with Crippen LogP contribution in [0.15, 0.2) is 30.3 Å². The van der Waals surface area contributed by atoms with Crippen LogP contribution >= 0.6 is 11.6 Å². The minimum Gasteiger partial charge on any atom is -0.469 e. The third kappa shape index (κ3) is 3.59. The molecule has 3 saturated heterocycles. The molecule has 9 nitrogen and oxygen atoms in total. The van der Waals surface area contributed by atoms with Gasteiger partial charge in [0.2, 0.25) is 5.88 Å². The Hall–Kier alpha value is -2.87. The van der Waals surface area contributed by atoms with Gasteiger partial charge in [0.15, 0.2) is 6.10 Å². The van der Waals surface area contributed by atoms with Gasteiger partial charge in [0, 0.05) is 24.3 Å². The van der Waals surface area contributed by atoms with E-state index >= 15 is 0 Å². The van der Waals surface area contributed by atoms with E-state index in [4.69, 9.17) is 30.8 Å². The molecule has 4 unspecified atom stereocenters. The number of halogens is 1. The molecule has 3 aliphatic rings. The lowest BCUT2D eigenvalue weighted by molar-refractivity contribution is 0.00789. The molecule has 5 heterocycles. The van der Waals surface area contributed by atoms with Crippen molar-refractivity contribution >= 4 is 28.3 Å². The summed E-state index contributed by atoms with van der Waals surface area (Å²) >= 11 is 6.57. The van der Waals surface area contributed by atoms with Crippen molar-refractivity contribution in [1.82, 2.24) is 9.97 Å². The number of aromatic amines is 1. The van der Waals surface area contributed by atoms with Crippen molar-refractivity contribution in [3.05, 3.63) is 40.9 Å². The van der Waals surface area contributed by atoms with E-state index in [9.17, 15) is 15.5 Å². The fraction of sp³-hybridized carbons (Fsp3) is 0.417. The second-order valence-corrected chi connectivity index (χ2v) is 9.32. The highest BCUT2D eigenvalue weighted by atomic mass is 35.5. The molecule has 176 valence electrons. The van der Waals surface area contributed by atoms with Crippen LogP contribution in [0.5, 0.6) is 5.88 Å². The first kappa shape index (κ1) is 21.6. The number of H-pyrrole nitrogens is 1. The highest BCUT2D eigenvalue weighted by Crippen LogP contribution is 2.36. The Balaban J connectivity index is 1.30. The standard InChI is InChI=1S/C24H23ClN4O5/c25-16-7-17-21(28-20(16)12-1-3-13(4-2-12)29-6-5-14(30)9-29)15(8-26)24(27-17)34-19-11-33-22-18(31)10-32-23(19)22/h1-4,7,14,18-19,22-23,27,30-31H,5-6,9-11H2/t14?,18?,19-,22?,23?/m1/s1. The predicted octanol–water partition coefficient (Wildman–Crippen LogP) is 2.23. The molecule has 5 atom stereocenters. The number of fused-ring (bicyclic) bond motifs is 2. The average Bonchev–Trinajstić information content (AvgIpc) is 3.60. The van der Waals surface area contributed by atoms with Crippen molar-refractivity contribution in [2.45, 2.75) is 36.9 Å². The van der Waals surface area contributed by atoms with Crippen LogP contribution in [0, 0.1) is 11.3 Å². The third-order valence-corrected chi connectivity index (χ3v) is 7.01. The van der Waals surface area contributed by atoms with Crippen LogP contribution in [0.25, 0.3) is 22.3 Å². The average molecular weight is 483 g/mol. The Labute approximate surface area is 200 Å². The largest absolute Gasteiger partial charge is 0.469 e. The van der Waals surface area contributed by atoms with Crippen LogP contribution in [0.3, 0.4) is 0 Å². The van der Waals surface area contributed by atoms with Gasteiger partial charge in [-0.3, -0.25) is 0 Å². The minimum absolute atomic E-state index is 0.199. The van der Waals surface area contributed by atoms with Gasteiger partial charge in [0.1, 0.15) is 35.5 Å². The monoisotopic (exact) mass is 482 g/mol. The number of aliphatic hydroxyl groups excluding tert-OH is 2. The van der Waals surface area contributed by atoms with Crippen LogP contribution in [0.1, 0.15) is 12.0 Å². The Morgan fingerprint density at radius 2 is 1.97 bits per heavy atom. The van der Waals surface area contributed by atoms with Gasteiger partial charge >= 0.3 is 0 Å². The van der Waals surface area contributed by atoms with Gasteiger partial charge in [-0.2, -0.15) is 5.26 Å². The van der Waals surface area contributed by atoms with Gasteiger partial charge < -0.3 is 34.3 Å². The number of pyridine rings is 1. The Morgan fingerprint density at radius 1 is 1.18 bits per heavy atom. The molecule has 34 heavy (non-hydrogen) atoms. The number of β-amino-alcohol motifs (C(OH)–C–C–N with tert-alkyl or cyclic N) is 1. The fourth-order valence-corrected chi connectivity index (χ4v) is 5.22. The summed E-state index contributed by atoms with van der Waals surface area (Å²) in [6, 6.07) is 11.8. The number of nitriles is 1. The molecular formula is C24H23ClN4O5. The number of aliphatic hydroxyl groups is 2. The van der Waals surface area contributed by atoms with E-state index in [1.807, 2.05) is 24.3 Å². The van der Waals surface area contributed by atoms with E-state index in [-0.39, 0.29) is 30.8 Å². The number of hydrogen-bond donors (Lipinski definition) is 3. The lowest BCUT2D eigenvalue weighted by Gasteiger charge is -2.18. The number of ether oxygens (including phenoxy) is 3. The summed E-state index contributed by atoms with van der Waals surface area (Å²) in [6.45, 7) is 1.90. The number of rotatable bonds is 4. The first-order valence-electron chi connectivity index (χ1n) is 11.3. The normalized spacial score (nSPS) is 28.4. The summed E-state index contributed by atoms with van der Waals surface area (Å²) in [5, 5.41) is 30.1. The van der Waals surface area contributed by atoms with Crippen LogP contribution in [0.2, 0.25) is 5.02 Å². The molecule has 6 rings (SSSR count). The van der Waals surface area contributed by atoms with Crippen molar-refractivity contribution < 1.29 is 24.4 Å². The molecule has 0 radical (unpaired) electrons. The smallest absolute Gasteiger partial charge is 0.212 e. The summed E-state index contributed by atoms with van der Waals surface area (Å²) in [4.78, 5) is 9.95. The topological polar surface area (TPSA) is 124 Å². The summed E-state index contributed by atoms with van der Waals surface area (Å²) in [6.07, 6.45) is -1.47. The molecule has 0 amide bonds. The first-order chi connectivity index (χ1) is 16.5. The van der Waals surface area contributed by atoms with E-state index in [1.54, 1.807) is 6.07 Å². The van der Waals surface area contributed by atoms with E-state index in [0.29, 0.717) is 28.3 Å². The quantitative estimate of drug-likeness (QED) is 0.517. The summed E-state index contributed by atoms with van der Waals surface area (Å²) in [5.74, 6) is 0.278. The van der Waals surface area contributed by atoms with Crippen molar-refractivity contribution in [2.75, 3.05) is 31.2 Å². The minimum atomic E-state index is -0.679. The highest BCUT2D eigenvalue weighted by molar-refractivity contribution is 6.33. The Bertz CT molecular complexity index is 1270. The van der Waals surface area contributed by atoms with Gasteiger partial charge in [-0.05, 0) is 24.6 Å². The predicted molar refractivity (Wildman–Crippen MR) is 124 cm³/mol. The molecule has 0 bridgehead atoms. The maximum Gasteiger partial charge on any atom is 0.212 e. The Morgan fingerprint density at radius 3 is 2.71 bits per heavy atom. The van der Waals surface area contributed by atoms with Crippen LogP contribution in [-0.4, -0.2) is 77.0 Å². The van der Waals surface area contributed by atoms with Crippen LogP contribution in [-0.2, 0) is 9.47 Å². The zero-order chi connectivity index (χ0) is 23.4. The molecule has 3 N–H and O–H groups in total. The first-order valence-corrected chi connectivity index (χ1v) is 11.6.